The average Bonchev–Trinajstić information content (AvgIpc) is 2.85. The summed E-state index contributed by atoms with van der Waals surface area (Å²) in [7, 11) is 0. The van der Waals surface area contributed by atoms with Crippen molar-refractivity contribution in [2.24, 2.45) is 0 Å². The van der Waals surface area contributed by atoms with Gasteiger partial charge in [0.05, 0.1) is 18.1 Å². The molecule has 1 amide bonds. The van der Waals surface area contributed by atoms with Crippen LogP contribution in [0.4, 0.5) is 17.2 Å². The minimum absolute atomic E-state index is 0.0443. The number of carbonyl (C=O) groups is 1. The predicted octanol–water partition coefficient (Wildman–Crippen LogP) is 1.38. The molecule has 1 aromatic heterocycles. The van der Waals surface area contributed by atoms with Gasteiger partial charge in [0.2, 0.25) is 0 Å². The second-order valence-corrected chi connectivity index (χ2v) is 7.83. The zero-order chi connectivity index (χ0) is 22.3. The van der Waals surface area contributed by atoms with Crippen molar-refractivity contribution in [2.75, 3.05) is 75.4 Å². The molecule has 0 aliphatic carbocycles. The lowest BCUT2D eigenvalue weighted by Gasteiger charge is -2.36. The van der Waals surface area contributed by atoms with Gasteiger partial charge < -0.3 is 19.9 Å². The van der Waals surface area contributed by atoms with E-state index >= 15 is 0 Å². The molecule has 2 aliphatic rings. The molecule has 32 heavy (non-hydrogen) atoms. The summed E-state index contributed by atoms with van der Waals surface area (Å²) in [6.07, 6.45) is 1.76. The summed E-state index contributed by atoms with van der Waals surface area (Å²) in [6.45, 7) is 7.06. The molecule has 10 heteroatoms. The zero-order valence-corrected chi connectivity index (χ0v) is 18.0. The predicted molar refractivity (Wildman–Crippen MR) is 121 cm³/mol. The molecule has 2 fully saturated rings. The van der Waals surface area contributed by atoms with Crippen molar-refractivity contribution in [3.8, 4) is 0 Å². The van der Waals surface area contributed by atoms with Gasteiger partial charge in [0, 0.05) is 70.2 Å². The first kappa shape index (κ1) is 22.0. The van der Waals surface area contributed by atoms with E-state index in [0.717, 1.165) is 38.5 Å². The number of morpholine rings is 1. The molecule has 2 aliphatic heterocycles. The van der Waals surface area contributed by atoms with Crippen LogP contribution in [0, 0.1) is 10.1 Å². The molecule has 2 saturated heterocycles. The topological polar surface area (TPSA) is 104 Å². The van der Waals surface area contributed by atoms with Crippen LogP contribution >= 0.6 is 0 Å². The van der Waals surface area contributed by atoms with E-state index in [2.05, 4.69) is 20.1 Å². The molecular formula is C22H28N6O4. The Bertz CT molecular complexity index is 927. The molecule has 0 bridgehead atoms. The van der Waals surface area contributed by atoms with Crippen molar-refractivity contribution in [3.05, 3.63) is 58.3 Å². The van der Waals surface area contributed by atoms with E-state index in [1.54, 1.807) is 18.3 Å². The average molecular weight is 441 g/mol. The molecule has 0 radical (unpaired) electrons. The monoisotopic (exact) mass is 440 g/mol. The zero-order valence-electron chi connectivity index (χ0n) is 18.0. The Morgan fingerprint density at radius 2 is 1.81 bits per heavy atom. The van der Waals surface area contributed by atoms with Crippen molar-refractivity contribution in [1.82, 2.24) is 15.2 Å². The summed E-state index contributed by atoms with van der Waals surface area (Å²) < 4.78 is 5.32. The van der Waals surface area contributed by atoms with Crippen molar-refractivity contribution in [3.63, 3.8) is 0 Å². The fourth-order valence-electron chi connectivity index (χ4n) is 4.05. The van der Waals surface area contributed by atoms with Gasteiger partial charge in [-0.2, -0.15) is 0 Å². The van der Waals surface area contributed by atoms with Gasteiger partial charge in [0.15, 0.2) is 0 Å². The number of hydrogen-bond acceptors (Lipinski definition) is 8. The molecule has 1 N–H and O–H groups in total. The van der Waals surface area contributed by atoms with Crippen LogP contribution in [0.25, 0.3) is 0 Å². The van der Waals surface area contributed by atoms with E-state index in [1.807, 2.05) is 23.1 Å². The molecule has 170 valence electrons. The Hall–Kier alpha value is -3.24. The van der Waals surface area contributed by atoms with Crippen LogP contribution in [-0.2, 0) is 4.74 Å². The molecule has 3 heterocycles. The number of benzene rings is 1. The van der Waals surface area contributed by atoms with Crippen molar-refractivity contribution in [1.29, 1.82) is 0 Å². The fraction of sp³-hybridized carbons (Fsp3) is 0.455. The second-order valence-electron chi connectivity index (χ2n) is 7.83. The number of piperazine rings is 1. The highest BCUT2D eigenvalue weighted by molar-refractivity contribution is 5.95. The summed E-state index contributed by atoms with van der Waals surface area (Å²) >= 11 is 0. The van der Waals surface area contributed by atoms with Crippen LogP contribution in [0.2, 0.25) is 0 Å². The molecule has 4 rings (SSSR count). The molecule has 0 atom stereocenters. The largest absolute Gasteiger partial charge is 0.379 e. The van der Waals surface area contributed by atoms with E-state index in [0.29, 0.717) is 44.1 Å². The summed E-state index contributed by atoms with van der Waals surface area (Å²) in [4.78, 5) is 34.6. The van der Waals surface area contributed by atoms with Crippen molar-refractivity contribution < 1.29 is 14.5 Å². The minimum Gasteiger partial charge on any atom is -0.379 e. The smallest absolute Gasteiger partial charge is 0.293 e. The van der Waals surface area contributed by atoms with Crippen molar-refractivity contribution in [2.45, 2.75) is 0 Å². The number of nitrogens with one attached hydrogen (secondary N) is 1. The highest BCUT2D eigenvalue weighted by Crippen LogP contribution is 2.30. The maximum absolute atomic E-state index is 12.5. The Balaban J connectivity index is 1.37. The Kier molecular flexibility index (Phi) is 7.13. The van der Waals surface area contributed by atoms with Gasteiger partial charge >= 0.3 is 0 Å². The molecule has 10 nitrogen and oxygen atoms in total. The minimum atomic E-state index is -0.412. The standard InChI is InChI=1S/C22H28N6O4/c29-22(24-7-8-25-13-15-32-16-14-25)18-4-5-19(20(17-18)28(30)31)26-9-11-27(12-10-26)21-3-1-2-6-23-21/h1-6,17H,7-16H2,(H,24,29). The van der Waals surface area contributed by atoms with E-state index in [9.17, 15) is 14.9 Å². The number of nitro groups is 1. The quantitative estimate of drug-likeness (QED) is 0.509. The second kappa shape index (κ2) is 10.4. The number of rotatable bonds is 7. The number of ether oxygens (including phenoxy) is 1. The van der Waals surface area contributed by atoms with Crippen LogP contribution in [0.1, 0.15) is 10.4 Å². The lowest BCUT2D eigenvalue weighted by Crippen LogP contribution is -2.47. The number of nitro benzene ring substituents is 1. The molecule has 1 aromatic carbocycles. The molecule has 0 saturated carbocycles. The van der Waals surface area contributed by atoms with Gasteiger partial charge in [-0.3, -0.25) is 19.8 Å². The number of anilines is 2. The van der Waals surface area contributed by atoms with E-state index in [-0.39, 0.29) is 11.6 Å². The van der Waals surface area contributed by atoms with Gasteiger partial charge in [0.25, 0.3) is 11.6 Å². The first-order chi connectivity index (χ1) is 15.6. The maximum atomic E-state index is 12.5. The van der Waals surface area contributed by atoms with Gasteiger partial charge in [-0.25, -0.2) is 4.98 Å². The lowest BCUT2D eigenvalue weighted by molar-refractivity contribution is -0.384. The lowest BCUT2D eigenvalue weighted by atomic mass is 10.1. The number of pyridine rings is 1. The molecular weight excluding hydrogens is 412 g/mol. The molecule has 0 spiro atoms. The van der Waals surface area contributed by atoms with Crippen LogP contribution in [0.3, 0.4) is 0 Å². The van der Waals surface area contributed by atoms with E-state index < -0.39 is 4.92 Å². The third kappa shape index (κ3) is 5.32. The van der Waals surface area contributed by atoms with E-state index in [1.165, 1.54) is 6.07 Å². The van der Waals surface area contributed by atoms with Gasteiger partial charge in [-0.05, 0) is 24.3 Å². The summed E-state index contributed by atoms with van der Waals surface area (Å²) in [5.41, 5.74) is 0.798. The maximum Gasteiger partial charge on any atom is 0.293 e. The van der Waals surface area contributed by atoms with Gasteiger partial charge in [-0.15, -0.1) is 0 Å². The van der Waals surface area contributed by atoms with Crippen LogP contribution in [0.15, 0.2) is 42.6 Å². The van der Waals surface area contributed by atoms with E-state index in [4.69, 9.17) is 4.74 Å². The van der Waals surface area contributed by atoms with Crippen LogP contribution < -0.4 is 15.1 Å². The molecule has 0 unspecified atom stereocenters. The number of carbonyl (C=O) groups excluding carboxylic acids is 1. The molecule has 2 aromatic rings. The fourth-order valence-corrected chi connectivity index (χ4v) is 4.05. The Morgan fingerprint density at radius 1 is 1.06 bits per heavy atom. The summed E-state index contributed by atoms with van der Waals surface area (Å²) in [6, 6.07) is 10.5. The van der Waals surface area contributed by atoms with Crippen LogP contribution in [-0.4, -0.2) is 86.3 Å². The highest BCUT2D eigenvalue weighted by Gasteiger charge is 2.25. The first-order valence-electron chi connectivity index (χ1n) is 10.9. The number of amides is 1. The summed E-state index contributed by atoms with van der Waals surface area (Å²) in [5, 5.41) is 14.6. The first-order valence-corrected chi connectivity index (χ1v) is 10.9. The summed E-state index contributed by atoms with van der Waals surface area (Å²) in [5.74, 6) is 0.610. The normalized spacial score (nSPS) is 17.2. The van der Waals surface area contributed by atoms with Crippen molar-refractivity contribution >= 4 is 23.1 Å². The Morgan fingerprint density at radius 3 is 2.50 bits per heavy atom. The van der Waals surface area contributed by atoms with Crippen LogP contribution in [0.5, 0.6) is 0 Å². The Labute approximate surface area is 186 Å². The number of hydrogen-bond donors (Lipinski definition) is 1. The third-order valence-corrected chi connectivity index (χ3v) is 5.85. The SMILES string of the molecule is O=C(NCCN1CCOCC1)c1ccc(N2CCN(c3ccccn3)CC2)c([N+](=O)[O-])c1. The van der Waals surface area contributed by atoms with Gasteiger partial charge in [0.1, 0.15) is 11.5 Å². The number of nitrogens with zero attached hydrogens (tertiary/aromatic N) is 5. The number of aromatic nitrogens is 1. The highest BCUT2D eigenvalue weighted by atomic mass is 16.6. The van der Waals surface area contributed by atoms with Gasteiger partial charge in [-0.1, -0.05) is 6.07 Å². The third-order valence-electron chi connectivity index (χ3n) is 5.85.